The van der Waals surface area contributed by atoms with E-state index in [0.29, 0.717) is 38.4 Å². The normalized spacial score (nSPS) is 12.0. The van der Waals surface area contributed by atoms with Gasteiger partial charge in [-0.15, -0.1) is 0 Å². The number of amides is 1. The lowest BCUT2D eigenvalue weighted by Crippen LogP contribution is -2.27. The molecule has 1 atom stereocenters. The van der Waals surface area contributed by atoms with Crippen LogP contribution >= 0.6 is 23.2 Å². The van der Waals surface area contributed by atoms with E-state index in [1.807, 2.05) is 63.2 Å². The maximum Gasteiger partial charge on any atom is 0.272 e. The van der Waals surface area contributed by atoms with Crippen LogP contribution < -0.4 is 5.32 Å². The number of halogens is 2. The molecule has 1 N–H and O–H groups in total. The van der Waals surface area contributed by atoms with Crippen molar-refractivity contribution in [3.8, 4) is 17.1 Å². The molecule has 2 aromatic carbocycles. The van der Waals surface area contributed by atoms with Crippen molar-refractivity contribution in [3.63, 3.8) is 0 Å². The minimum atomic E-state index is -0.276. The highest BCUT2D eigenvalue weighted by Gasteiger charge is 2.25. The molecule has 0 aliphatic heterocycles. The Morgan fingerprint density at radius 2 is 1.81 bits per heavy atom. The van der Waals surface area contributed by atoms with Crippen molar-refractivity contribution in [1.82, 2.24) is 15.1 Å². The molecule has 4 rings (SSSR count). The van der Waals surface area contributed by atoms with E-state index >= 15 is 0 Å². The molecule has 5 nitrogen and oxygen atoms in total. The highest BCUT2D eigenvalue weighted by molar-refractivity contribution is 6.35. The number of aryl methyl sites for hydroxylation is 1. The number of benzene rings is 2. The van der Waals surface area contributed by atoms with E-state index in [2.05, 4.69) is 10.4 Å². The minimum Gasteiger partial charge on any atom is -0.460 e. The number of hydrogen-bond donors (Lipinski definition) is 1. The van der Waals surface area contributed by atoms with Gasteiger partial charge >= 0.3 is 0 Å². The summed E-state index contributed by atoms with van der Waals surface area (Å²) in [5, 5.41) is 8.58. The van der Waals surface area contributed by atoms with Gasteiger partial charge in [-0.25, -0.2) is 4.68 Å². The minimum absolute atomic E-state index is 0.174. The molecule has 7 heteroatoms. The fourth-order valence-electron chi connectivity index (χ4n) is 3.48. The molecule has 1 amide bonds. The summed E-state index contributed by atoms with van der Waals surface area (Å²) in [5.41, 5.74) is 3.27. The Kier molecular flexibility index (Phi) is 5.90. The van der Waals surface area contributed by atoms with Crippen molar-refractivity contribution in [2.24, 2.45) is 0 Å². The topological polar surface area (TPSA) is 60.1 Å². The van der Waals surface area contributed by atoms with Crippen LogP contribution in [0.2, 0.25) is 10.0 Å². The maximum absolute atomic E-state index is 13.2. The zero-order chi connectivity index (χ0) is 22.1. The maximum atomic E-state index is 13.2. The first-order valence-corrected chi connectivity index (χ1v) is 10.6. The lowest BCUT2D eigenvalue weighted by molar-refractivity contribution is 0.0934. The Morgan fingerprint density at radius 3 is 2.45 bits per heavy atom. The average molecular weight is 454 g/mol. The van der Waals surface area contributed by atoms with Crippen LogP contribution in [-0.2, 0) is 0 Å². The molecule has 0 bridgehead atoms. The van der Waals surface area contributed by atoms with Crippen LogP contribution in [0.1, 0.15) is 40.3 Å². The standard InChI is InChI=1S/C24H21Cl2N3O2/c1-14-9-12-21(31-14)23-15(2)22(24(30)27-16(3)17-7-5-4-6-8-17)28-29(23)20-11-10-18(25)13-19(20)26/h4-13,16H,1-3H3,(H,27,30)/t16-/m1/s1. The quantitative estimate of drug-likeness (QED) is 0.372. The van der Waals surface area contributed by atoms with Crippen molar-refractivity contribution < 1.29 is 9.21 Å². The molecule has 158 valence electrons. The Balaban J connectivity index is 1.79. The molecule has 0 saturated heterocycles. The molecule has 0 aliphatic carbocycles. The smallest absolute Gasteiger partial charge is 0.272 e. The third-order valence-corrected chi connectivity index (χ3v) is 5.63. The SMILES string of the molecule is Cc1ccc(-c2c(C)c(C(=O)N[C@H](C)c3ccccc3)nn2-c2ccc(Cl)cc2Cl)o1. The second-order valence-electron chi connectivity index (χ2n) is 7.35. The highest BCUT2D eigenvalue weighted by Crippen LogP contribution is 2.33. The van der Waals surface area contributed by atoms with E-state index in [-0.39, 0.29) is 11.9 Å². The van der Waals surface area contributed by atoms with Gasteiger partial charge in [0.15, 0.2) is 11.5 Å². The van der Waals surface area contributed by atoms with Crippen molar-refractivity contribution in [2.45, 2.75) is 26.8 Å². The Hall–Kier alpha value is -3.02. The number of nitrogens with zero attached hydrogens (tertiary/aromatic N) is 2. The van der Waals surface area contributed by atoms with E-state index < -0.39 is 0 Å². The molecule has 0 saturated carbocycles. The number of aromatic nitrogens is 2. The molecule has 0 spiro atoms. The van der Waals surface area contributed by atoms with Crippen molar-refractivity contribution >= 4 is 29.1 Å². The third kappa shape index (κ3) is 4.24. The van der Waals surface area contributed by atoms with Crippen LogP contribution in [0.25, 0.3) is 17.1 Å². The molecule has 2 heterocycles. The summed E-state index contributed by atoms with van der Waals surface area (Å²) >= 11 is 12.5. The summed E-state index contributed by atoms with van der Waals surface area (Å²) in [6.07, 6.45) is 0. The lowest BCUT2D eigenvalue weighted by Gasteiger charge is -2.13. The third-order valence-electron chi connectivity index (χ3n) is 5.10. The monoisotopic (exact) mass is 453 g/mol. The first-order valence-electron chi connectivity index (χ1n) is 9.83. The molecular formula is C24H21Cl2N3O2. The average Bonchev–Trinajstić information content (AvgIpc) is 3.31. The number of carbonyl (C=O) groups is 1. The van der Waals surface area contributed by atoms with Crippen molar-refractivity contribution in [3.05, 3.63) is 93.3 Å². The van der Waals surface area contributed by atoms with E-state index in [1.54, 1.807) is 22.9 Å². The van der Waals surface area contributed by atoms with Crippen LogP contribution in [0.5, 0.6) is 0 Å². The van der Waals surface area contributed by atoms with Gasteiger partial charge in [-0.1, -0.05) is 53.5 Å². The van der Waals surface area contributed by atoms with E-state index in [0.717, 1.165) is 11.3 Å². The number of rotatable bonds is 5. The first-order chi connectivity index (χ1) is 14.8. The summed E-state index contributed by atoms with van der Waals surface area (Å²) in [6.45, 7) is 5.65. The Morgan fingerprint density at radius 1 is 1.06 bits per heavy atom. The van der Waals surface area contributed by atoms with Crippen molar-refractivity contribution in [2.75, 3.05) is 0 Å². The Labute approximate surface area is 190 Å². The summed E-state index contributed by atoms with van der Waals surface area (Å²) in [6, 6.07) is 18.5. The second kappa shape index (κ2) is 8.61. The van der Waals surface area contributed by atoms with Gasteiger partial charge in [0.1, 0.15) is 11.5 Å². The summed E-state index contributed by atoms with van der Waals surface area (Å²) < 4.78 is 7.49. The first kappa shape index (κ1) is 21.2. The van der Waals surface area contributed by atoms with Crippen LogP contribution in [0.15, 0.2) is 65.1 Å². The van der Waals surface area contributed by atoms with Gasteiger partial charge in [0.2, 0.25) is 0 Å². The van der Waals surface area contributed by atoms with Crippen LogP contribution in [0.4, 0.5) is 0 Å². The molecule has 4 aromatic rings. The van der Waals surface area contributed by atoms with Gasteiger partial charge in [0, 0.05) is 10.6 Å². The van der Waals surface area contributed by atoms with Gasteiger partial charge in [-0.2, -0.15) is 5.10 Å². The summed E-state index contributed by atoms with van der Waals surface area (Å²) in [4.78, 5) is 13.2. The molecular weight excluding hydrogens is 433 g/mol. The number of furan rings is 1. The van der Waals surface area contributed by atoms with Gasteiger partial charge in [-0.3, -0.25) is 4.79 Å². The van der Waals surface area contributed by atoms with Gasteiger partial charge in [0.05, 0.1) is 16.8 Å². The predicted molar refractivity (Wildman–Crippen MR) is 123 cm³/mol. The second-order valence-corrected chi connectivity index (χ2v) is 8.19. The summed E-state index contributed by atoms with van der Waals surface area (Å²) in [7, 11) is 0. The fourth-order valence-corrected chi connectivity index (χ4v) is 3.97. The highest BCUT2D eigenvalue weighted by atomic mass is 35.5. The number of carbonyl (C=O) groups excluding carboxylic acids is 1. The summed E-state index contributed by atoms with van der Waals surface area (Å²) in [5.74, 6) is 1.08. The predicted octanol–water partition coefficient (Wildman–Crippen LogP) is 6.55. The zero-order valence-electron chi connectivity index (χ0n) is 17.3. The molecule has 31 heavy (non-hydrogen) atoms. The Bertz CT molecular complexity index is 1250. The van der Waals surface area contributed by atoms with E-state index in [4.69, 9.17) is 27.6 Å². The number of hydrogen-bond acceptors (Lipinski definition) is 3. The molecule has 0 unspecified atom stereocenters. The number of nitrogens with one attached hydrogen (secondary N) is 1. The largest absolute Gasteiger partial charge is 0.460 e. The van der Waals surface area contributed by atoms with Gasteiger partial charge in [-0.05, 0) is 56.7 Å². The van der Waals surface area contributed by atoms with Crippen molar-refractivity contribution in [1.29, 1.82) is 0 Å². The van der Waals surface area contributed by atoms with Gasteiger partial charge in [0.25, 0.3) is 5.91 Å². The van der Waals surface area contributed by atoms with Crippen LogP contribution in [0, 0.1) is 13.8 Å². The van der Waals surface area contributed by atoms with Crippen LogP contribution in [0.3, 0.4) is 0 Å². The fraction of sp³-hybridized carbons (Fsp3) is 0.167. The molecule has 0 radical (unpaired) electrons. The van der Waals surface area contributed by atoms with Crippen LogP contribution in [-0.4, -0.2) is 15.7 Å². The zero-order valence-corrected chi connectivity index (χ0v) is 18.8. The molecule has 0 aliphatic rings. The molecule has 2 aromatic heterocycles. The van der Waals surface area contributed by atoms with E-state index in [1.165, 1.54) is 0 Å². The van der Waals surface area contributed by atoms with E-state index in [9.17, 15) is 4.79 Å². The van der Waals surface area contributed by atoms with Gasteiger partial charge < -0.3 is 9.73 Å². The molecule has 0 fully saturated rings. The lowest BCUT2D eigenvalue weighted by atomic mass is 10.1.